The molecule has 0 aromatic heterocycles. The van der Waals surface area contributed by atoms with Crippen molar-refractivity contribution < 1.29 is 14.6 Å². The van der Waals surface area contributed by atoms with E-state index in [1.807, 2.05) is 38.1 Å². The second-order valence-electron chi connectivity index (χ2n) is 3.83. The van der Waals surface area contributed by atoms with Crippen LogP contribution < -0.4 is 4.74 Å². The van der Waals surface area contributed by atoms with Crippen LogP contribution in [-0.4, -0.2) is 18.2 Å². The van der Waals surface area contributed by atoms with E-state index < -0.39 is 5.97 Å². The normalized spacial score (nSPS) is 11.6. The number of methoxy groups -OCH3 is 1. The van der Waals surface area contributed by atoms with E-state index in [4.69, 9.17) is 9.84 Å². The van der Waals surface area contributed by atoms with Gasteiger partial charge in [0.1, 0.15) is 5.75 Å². The first-order valence-corrected chi connectivity index (χ1v) is 5.13. The Morgan fingerprint density at radius 2 is 1.88 bits per heavy atom. The molecular formula is C13H16O3. The van der Waals surface area contributed by atoms with Crippen molar-refractivity contribution in [1.29, 1.82) is 0 Å². The van der Waals surface area contributed by atoms with E-state index in [1.165, 1.54) is 0 Å². The topological polar surface area (TPSA) is 46.5 Å². The molecule has 0 bridgehead atoms. The molecule has 3 nitrogen and oxygen atoms in total. The lowest BCUT2D eigenvalue weighted by Gasteiger charge is -2.06. The van der Waals surface area contributed by atoms with Crippen molar-refractivity contribution in [2.24, 2.45) is 5.92 Å². The van der Waals surface area contributed by atoms with E-state index in [0.717, 1.165) is 11.3 Å². The molecule has 1 aromatic rings. The Kier molecular flexibility index (Phi) is 4.11. The summed E-state index contributed by atoms with van der Waals surface area (Å²) >= 11 is 0. The molecule has 0 spiro atoms. The molecule has 16 heavy (non-hydrogen) atoms. The van der Waals surface area contributed by atoms with Gasteiger partial charge in [0.25, 0.3) is 0 Å². The van der Waals surface area contributed by atoms with Gasteiger partial charge in [-0.05, 0) is 29.7 Å². The standard InChI is InChI=1S/C13H16O3/c1-9(2)12(13(14)15)8-10-4-6-11(16-3)7-5-10/h4-9H,1-3H3,(H,14,15). The minimum absolute atomic E-state index is 0.000369. The van der Waals surface area contributed by atoms with Gasteiger partial charge in [0.15, 0.2) is 0 Å². The maximum Gasteiger partial charge on any atom is 0.331 e. The fourth-order valence-electron chi connectivity index (χ4n) is 1.36. The molecule has 0 aliphatic carbocycles. The second-order valence-corrected chi connectivity index (χ2v) is 3.83. The Labute approximate surface area is 95.4 Å². The number of carboxylic acid groups (broad SMARTS) is 1. The maximum atomic E-state index is 11.0. The molecule has 0 amide bonds. The maximum absolute atomic E-state index is 11.0. The van der Waals surface area contributed by atoms with Crippen molar-refractivity contribution in [2.75, 3.05) is 7.11 Å². The van der Waals surface area contributed by atoms with Crippen LogP contribution in [0.25, 0.3) is 6.08 Å². The monoisotopic (exact) mass is 220 g/mol. The van der Waals surface area contributed by atoms with E-state index in [0.29, 0.717) is 5.57 Å². The summed E-state index contributed by atoms with van der Waals surface area (Å²) in [7, 11) is 1.60. The molecule has 0 heterocycles. The quantitative estimate of drug-likeness (QED) is 0.793. The number of carboxylic acids is 1. The van der Waals surface area contributed by atoms with Gasteiger partial charge < -0.3 is 9.84 Å². The molecule has 0 saturated carbocycles. The van der Waals surface area contributed by atoms with Crippen LogP contribution in [0.15, 0.2) is 29.8 Å². The third kappa shape index (κ3) is 3.12. The summed E-state index contributed by atoms with van der Waals surface area (Å²) in [5, 5.41) is 9.01. The lowest BCUT2D eigenvalue weighted by atomic mass is 10.0. The van der Waals surface area contributed by atoms with Gasteiger partial charge in [-0.15, -0.1) is 0 Å². The van der Waals surface area contributed by atoms with E-state index >= 15 is 0 Å². The number of carbonyl (C=O) groups is 1. The Hall–Kier alpha value is -1.77. The molecule has 0 atom stereocenters. The first kappa shape index (κ1) is 12.3. The minimum atomic E-state index is -0.870. The zero-order chi connectivity index (χ0) is 12.1. The number of ether oxygens (including phenoxy) is 1. The van der Waals surface area contributed by atoms with Crippen LogP contribution >= 0.6 is 0 Å². The predicted molar refractivity (Wildman–Crippen MR) is 63.4 cm³/mol. The van der Waals surface area contributed by atoms with E-state index in [9.17, 15) is 4.79 Å². The van der Waals surface area contributed by atoms with E-state index in [1.54, 1.807) is 13.2 Å². The average molecular weight is 220 g/mol. The third-order valence-electron chi connectivity index (χ3n) is 2.31. The highest BCUT2D eigenvalue weighted by Crippen LogP contribution is 2.17. The van der Waals surface area contributed by atoms with Crippen LogP contribution in [-0.2, 0) is 4.79 Å². The highest BCUT2D eigenvalue weighted by atomic mass is 16.5. The van der Waals surface area contributed by atoms with Crippen molar-refractivity contribution in [2.45, 2.75) is 13.8 Å². The molecule has 0 saturated heterocycles. The van der Waals surface area contributed by atoms with Gasteiger partial charge in [0.2, 0.25) is 0 Å². The van der Waals surface area contributed by atoms with Crippen molar-refractivity contribution in [3.63, 3.8) is 0 Å². The zero-order valence-corrected chi connectivity index (χ0v) is 9.73. The Morgan fingerprint density at radius 3 is 2.25 bits per heavy atom. The highest BCUT2D eigenvalue weighted by molar-refractivity contribution is 5.92. The van der Waals surface area contributed by atoms with Crippen LogP contribution in [0.1, 0.15) is 19.4 Å². The van der Waals surface area contributed by atoms with Crippen molar-refractivity contribution in [3.8, 4) is 5.75 Å². The summed E-state index contributed by atoms with van der Waals surface area (Å²) in [5.41, 5.74) is 1.28. The smallest absolute Gasteiger partial charge is 0.331 e. The predicted octanol–water partition coefficient (Wildman–Crippen LogP) is 2.82. The lowest BCUT2D eigenvalue weighted by molar-refractivity contribution is -0.133. The van der Waals surface area contributed by atoms with E-state index in [-0.39, 0.29) is 5.92 Å². The fraction of sp³-hybridized carbons (Fsp3) is 0.308. The first-order chi connectivity index (χ1) is 7.54. The highest BCUT2D eigenvalue weighted by Gasteiger charge is 2.11. The molecule has 0 fully saturated rings. The van der Waals surface area contributed by atoms with Crippen molar-refractivity contribution in [1.82, 2.24) is 0 Å². The lowest BCUT2D eigenvalue weighted by Crippen LogP contribution is -2.06. The van der Waals surface area contributed by atoms with Crippen LogP contribution in [0.4, 0.5) is 0 Å². The Morgan fingerprint density at radius 1 is 1.31 bits per heavy atom. The molecular weight excluding hydrogens is 204 g/mol. The van der Waals surface area contributed by atoms with Crippen molar-refractivity contribution in [3.05, 3.63) is 35.4 Å². The Bertz CT molecular complexity index is 388. The molecule has 0 aliphatic rings. The average Bonchev–Trinajstić information content (AvgIpc) is 2.25. The molecule has 1 aromatic carbocycles. The van der Waals surface area contributed by atoms with Gasteiger partial charge in [-0.3, -0.25) is 0 Å². The van der Waals surface area contributed by atoms with Crippen LogP contribution in [0.2, 0.25) is 0 Å². The van der Waals surface area contributed by atoms with Gasteiger partial charge in [0.05, 0.1) is 7.11 Å². The number of hydrogen-bond donors (Lipinski definition) is 1. The van der Waals surface area contributed by atoms with Gasteiger partial charge in [-0.1, -0.05) is 26.0 Å². The third-order valence-corrected chi connectivity index (χ3v) is 2.31. The summed E-state index contributed by atoms with van der Waals surface area (Å²) in [6.07, 6.45) is 1.69. The number of rotatable bonds is 4. The van der Waals surface area contributed by atoms with Gasteiger partial charge in [-0.25, -0.2) is 4.79 Å². The van der Waals surface area contributed by atoms with Crippen LogP contribution in [0, 0.1) is 5.92 Å². The minimum Gasteiger partial charge on any atom is -0.497 e. The second kappa shape index (κ2) is 5.35. The van der Waals surface area contributed by atoms with Gasteiger partial charge in [-0.2, -0.15) is 0 Å². The van der Waals surface area contributed by atoms with Gasteiger partial charge in [0, 0.05) is 5.57 Å². The summed E-state index contributed by atoms with van der Waals surface area (Å²) < 4.78 is 5.03. The summed E-state index contributed by atoms with van der Waals surface area (Å²) in [4.78, 5) is 11.0. The summed E-state index contributed by atoms with van der Waals surface area (Å²) in [5.74, 6) is -0.107. The zero-order valence-electron chi connectivity index (χ0n) is 9.73. The molecule has 0 unspecified atom stereocenters. The largest absolute Gasteiger partial charge is 0.497 e. The fourth-order valence-corrected chi connectivity index (χ4v) is 1.36. The number of hydrogen-bond acceptors (Lipinski definition) is 2. The Balaban J connectivity index is 2.99. The van der Waals surface area contributed by atoms with Gasteiger partial charge >= 0.3 is 5.97 Å². The SMILES string of the molecule is COc1ccc(C=C(C(=O)O)C(C)C)cc1. The molecule has 0 aliphatic heterocycles. The number of benzene rings is 1. The molecule has 86 valence electrons. The number of aliphatic carboxylic acids is 1. The first-order valence-electron chi connectivity index (χ1n) is 5.13. The summed E-state index contributed by atoms with van der Waals surface area (Å²) in [6.45, 7) is 3.73. The molecule has 0 radical (unpaired) electrons. The molecule has 1 rings (SSSR count). The van der Waals surface area contributed by atoms with E-state index in [2.05, 4.69) is 0 Å². The molecule has 1 N–H and O–H groups in total. The summed E-state index contributed by atoms with van der Waals surface area (Å²) in [6, 6.07) is 7.30. The van der Waals surface area contributed by atoms with Crippen LogP contribution in [0.3, 0.4) is 0 Å². The van der Waals surface area contributed by atoms with Crippen LogP contribution in [0.5, 0.6) is 5.75 Å². The molecule has 3 heteroatoms. The van der Waals surface area contributed by atoms with Crippen molar-refractivity contribution >= 4 is 12.0 Å².